The zero-order valence-corrected chi connectivity index (χ0v) is 15.1. The average molecular weight is 384 g/mol. The Balaban J connectivity index is 1.72. The van der Waals surface area contributed by atoms with Gasteiger partial charge in [0.1, 0.15) is 5.69 Å². The summed E-state index contributed by atoms with van der Waals surface area (Å²) in [5.41, 5.74) is 1.15. The van der Waals surface area contributed by atoms with Crippen molar-refractivity contribution in [2.24, 2.45) is 7.05 Å². The van der Waals surface area contributed by atoms with E-state index in [-0.39, 0.29) is 37.0 Å². The van der Waals surface area contributed by atoms with Gasteiger partial charge in [-0.15, -0.1) is 0 Å². The number of hydrogen-bond acceptors (Lipinski definition) is 4. The number of rotatable bonds is 3. The van der Waals surface area contributed by atoms with Crippen LogP contribution in [0.15, 0.2) is 29.2 Å². The van der Waals surface area contributed by atoms with Gasteiger partial charge in [-0.25, -0.2) is 17.2 Å². The average Bonchev–Trinajstić information content (AvgIpc) is 2.95. The fourth-order valence-corrected chi connectivity index (χ4v) is 4.33. The van der Waals surface area contributed by atoms with Crippen molar-refractivity contribution in [3.8, 4) is 0 Å². The van der Waals surface area contributed by atoms with Gasteiger partial charge in [-0.1, -0.05) is 0 Å². The summed E-state index contributed by atoms with van der Waals surface area (Å²) in [5, 5.41) is 4.13. The molecular formula is C16H18F2N4O3S. The quantitative estimate of drug-likeness (QED) is 0.796. The van der Waals surface area contributed by atoms with Crippen LogP contribution in [0.5, 0.6) is 0 Å². The molecular weight excluding hydrogens is 366 g/mol. The Morgan fingerprint density at radius 3 is 2.27 bits per heavy atom. The molecule has 7 nitrogen and oxygen atoms in total. The van der Waals surface area contributed by atoms with Crippen molar-refractivity contribution in [2.75, 3.05) is 26.2 Å². The van der Waals surface area contributed by atoms with Gasteiger partial charge in [0.05, 0.1) is 10.6 Å². The van der Waals surface area contributed by atoms with Gasteiger partial charge in [0.15, 0.2) is 11.6 Å². The molecule has 1 amide bonds. The maximum absolute atomic E-state index is 13.4. The maximum Gasteiger partial charge on any atom is 0.272 e. The van der Waals surface area contributed by atoms with Crippen LogP contribution < -0.4 is 0 Å². The Labute approximate surface area is 149 Å². The highest BCUT2D eigenvalue weighted by Crippen LogP contribution is 2.20. The largest absolute Gasteiger partial charge is 0.335 e. The van der Waals surface area contributed by atoms with E-state index in [2.05, 4.69) is 5.10 Å². The predicted molar refractivity (Wildman–Crippen MR) is 89.0 cm³/mol. The second-order valence-corrected chi connectivity index (χ2v) is 8.00. The van der Waals surface area contributed by atoms with Gasteiger partial charge in [0.25, 0.3) is 5.91 Å². The van der Waals surface area contributed by atoms with Crippen LogP contribution in [0, 0.1) is 18.6 Å². The Hall–Kier alpha value is -2.33. The van der Waals surface area contributed by atoms with Gasteiger partial charge in [-0.05, 0) is 31.2 Å². The number of amides is 1. The third kappa shape index (κ3) is 3.34. The number of carbonyl (C=O) groups is 1. The second-order valence-electron chi connectivity index (χ2n) is 6.07. The molecule has 0 aliphatic carbocycles. The first-order chi connectivity index (χ1) is 12.2. The molecule has 1 aliphatic heterocycles. The molecule has 26 heavy (non-hydrogen) atoms. The number of aryl methyl sites for hydroxylation is 2. The van der Waals surface area contributed by atoms with Crippen molar-refractivity contribution >= 4 is 15.9 Å². The molecule has 140 valence electrons. The Morgan fingerprint density at radius 2 is 1.73 bits per heavy atom. The van der Waals surface area contributed by atoms with Gasteiger partial charge in [-0.2, -0.15) is 9.40 Å². The number of benzene rings is 1. The predicted octanol–water partition coefficient (Wildman–Crippen LogP) is 1.15. The van der Waals surface area contributed by atoms with Crippen molar-refractivity contribution in [3.63, 3.8) is 0 Å². The number of piperazine rings is 1. The first-order valence-corrected chi connectivity index (χ1v) is 9.39. The van der Waals surface area contributed by atoms with E-state index in [9.17, 15) is 22.0 Å². The molecule has 2 heterocycles. The molecule has 1 aromatic carbocycles. The van der Waals surface area contributed by atoms with Crippen molar-refractivity contribution in [2.45, 2.75) is 11.8 Å². The Bertz CT molecular complexity index is 950. The van der Waals surface area contributed by atoms with Gasteiger partial charge < -0.3 is 4.90 Å². The second kappa shape index (κ2) is 6.76. The first-order valence-electron chi connectivity index (χ1n) is 7.95. The summed E-state index contributed by atoms with van der Waals surface area (Å²) in [6.45, 7) is 2.33. The van der Waals surface area contributed by atoms with Crippen LogP contribution in [0.1, 0.15) is 16.2 Å². The molecule has 0 spiro atoms. The number of hydrogen-bond donors (Lipinski definition) is 0. The molecule has 0 bridgehead atoms. The summed E-state index contributed by atoms with van der Waals surface area (Å²) in [6, 6.07) is 4.16. The van der Waals surface area contributed by atoms with Crippen LogP contribution in [0.2, 0.25) is 0 Å². The lowest BCUT2D eigenvalue weighted by Gasteiger charge is -2.33. The topological polar surface area (TPSA) is 75.5 Å². The monoisotopic (exact) mass is 384 g/mol. The molecule has 1 aromatic heterocycles. The molecule has 1 aliphatic rings. The summed E-state index contributed by atoms with van der Waals surface area (Å²) in [7, 11) is -2.28. The summed E-state index contributed by atoms with van der Waals surface area (Å²) in [4.78, 5) is 13.8. The number of sulfonamides is 1. The van der Waals surface area contributed by atoms with Crippen LogP contribution in [-0.2, 0) is 17.1 Å². The highest BCUT2D eigenvalue weighted by atomic mass is 32.2. The van der Waals surface area contributed by atoms with E-state index in [1.165, 1.54) is 4.68 Å². The molecule has 1 saturated heterocycles. The normalized spacial score (nSPS) is 16.1. The minimum absolute atomic E-state index is 0.0733. The lowest BCUT2D eigenvalue weighted by Crippen LogP contribution is -2.50. The Morgan fingerprint density at radius 1 is 1.08 bits per heavy atom. The summed E-state index contributed by atoms with van der Waals surface area (Å²) in [5.74, 6) is -2.55. The fourth-order valence-electron chi connectivity index (χ4n) is 2.89. The smallest absolute Gasteiger partial charge is 0.272 e. The van der Waals surface area contributed by atoms with E-state index in [4.69, 9.17) is 0 Å². The van der Waals surface area contributed by atoms with E-state index in [0.29, 0.717) is 11.8 Å². The lowest BCUT2D eigenvalue weighted by molar-refractivity contribution is 0.0687. The molecule has 0 unspecified atom stereocenters. The fraction of sp³-hybridized carbons (Fsp3) is 0.375. The summed E-state index contributed by atoms with van der Waals surface area (Å²) < 4.78 is 54.2. The third-order valence-corrected chi connectivity index (χ3v) is 6.17. The van der Waals surface area contributed by atoms with Gasteiger partial charge in [0, 0.05) is 33.2 Å². The number of halogens is 2. The Kier molecular flexibility index (Phi) is 4.80. The summed E-state index contributed by atoms with van der Waals surface area (Å²) >= 11 is 0. The van der Waals surface area contributed by atoms with Crippen molar-refractivity contribution in [1.82, 2.24) is 19.0 Å². The zero-order chi connectivity index (χ0) is 19.1. The van der Waals surface area contributed by atoms with Crippen LogP contribution in [0.4, 0.5) is 8.78 Å². The highest BCUT2D eigenvalue weighted by molar-refractivity contribution is 7.89. The minimum Gasteiger partial charge on any atom is -0.335 e. The molecule has 0 atom stereocenters. The molecule has 2 aromatic rings. The third-order valence-electron chi connectivity index (χ3n) is 4.28. The van der Waals surface area contributed by atoms with Gasteiger partial charge in [-0.3, -0.25) is 9.48 Å². The van der Waals surface area contributed by atoms with E-state index < -0.39 is 21.7 Å². The van der Waals surface area contributed by atoms with Crippen molar-refractivity contribution < 1.29 is 22.0 Å². The van der Waals surface area contributed by atoms with Crippen LogP contribution in [-0.4, -0.2) is 59.5 Å². The first kappa shape index (κ1) is 18.5. The van der Waals surface area contributed by atoms with E-state index >= 15 is 0 Å². The summed E-state index contributed by atoms with van der Waals surface area (Å²) in [6.07, 6.45) is 0. The number of carbonyl (C=O) groups excluding carboxylic acids is 1. The van der Waals surface area contributed by atoms with Crippen LogP contribution >= 0.6 is 0 Å². The van der Waals surface area contributed by atoms with E-state index in [1.807, 2.05) is 0 Å². The number of aromatic nitrogens is 2. The van der Waals surface area contributed by atoms with E-state index in [0.717, 1.165) is 22.1 Å². The molecule has 10 heteroatoms. The van der Waals surface area contributed by atoms with Crippen LogP contribution in [0.3, 0.4) is 0 Å². The SMILES string of the molecule is Cc1cc(C(=O)N2CCN(S(=O)(=O)c3ccc(F)c(F)c3)CC2)n(C)n1. The van der Waals surface area contributed by atoms with E-state index in [1.54, 1.807) is 24.9 Å². The standard InChI is InChI=1S/C16H18F2N4O3S/c1-11-9-15(20(2)19-11)16(23)21-5-7-22(8-6-21)26(24,25)12-3-4-13(17)14(18)10-12/h3-4,9-10H,5-8H2,1-2H3. The maximum atomic E-state index is 13.4. The zero-order valence-electron chi connectivity index (χ0n) is 14.3. The molecule has 0 radical (unpaired) electrons. The van der Waals surface area contributed by atoms with Crippen molar-refractivity contribution in [3.05, 3.63) is 47.3 Å². The lowest BCUT2D eigenvalue weighted by atomic mass is 10.3. The molecule has 1 fully saturated rings. The van der Waals surface area contributed by atoms with Crippen molar-refractivity contribution in [1.29, 1.82) is 0 Å². The highest BCUT2D eigenvalue weighted by Gasteiger charge is 2.31. The molecule has 3 rings (SSSR count). The van der Waals surface area contributed by atoms with Gasteiger partial charge >= 0.3 is 0 Å². The van der Waals surface area contributed by atoms with Crippen LogP contribution in [0.25, 0.3) is 0 Å². The molecule has 0 saturated carbocycles. The molecule has 0 N–H and O–H groups in total. The minimum atomic E-state index is -3.95. The van der Waals surface area contributed by atoms with Gasteiger partial charge in [0.2, 0.25) is 10.0 Å². The number of nitrogens with zero attached hydrogens (tertiary/aromatic N) is 4.